The van der Waals surface area contributed by atoms with Gasteiger partial charge in [0.2, 0.25) is 0 Å². The van der Waals surface area contributed by atoms with Crippen LogP contribution in [0.2, 0.25) is 0 Å². The molecule has 8 nitrogen and oxygen atoms in total. The SMILES string of the molecule is COCCn1c(=O)/c(=C/c2ccccc2OC(F)F)s/c1=C(/C#N)C(=O)N1CCOCC1. The number of methoxy groups -OCH3 is 1. The quantitative estimate of drug-likeness (QED) is 0.592. The van der Waals surface area contributed by atoms with Gasteiger partial charge in [-0.15, -0.1) is 11.3 Å². The third-order valence-corrected chi connectivity index (χ3v) is 5.82. The van der Waals surface area contributed by atoms with Crippen molar-refractivity contribution in [3.63, 3.8) is 0 Å². The molecule has 0 N–H and O–H groups in total. The zero-order chi connectivity index (χ0) is 23.1. The van der Waals surface area contributed by atoms with Crippen molar-refractivity contribution in [1.82, 2.24) is 9.47 Å². The van der Waals surface area contributed by atoms with Crippen LogP contribution in [0.15, 0.2) is 29.1 Å². The van der Waals surface area contributed by atoms with Crippen molar-refractivity contribution in [2.24, 2.45) is 0 Å². The summed E-state index contributed by atoms with van der Waals surface area (Å²) < 4.78 is 42.0. The van der Waals surface area contributed by atoms with Crippen LogP contribution in [0.5, 0.6) is 5.75 Å². The average Bonchev–Trinajstić information content (AvgIpc) is 3.09. The zero-order valence-electron chi connectivity index (χ0n) is 17.3. The second kappa shape index (κ2) is 11.0. The topological polar surface area (TPSA) is 93.8 Å². The van der Waals surface area contributed by atoms with Gasteiger partial charge in [-0.05, 0) is 12.1 Å². The Morgan fingerprint density at radius 2 is 2.06 bits per heavy atom. The summed E-state index contributed by atoms with van der Waals surface area (Å²) in [6.45, 7) is -1.31. The van der Waals surface area contributed by atoms with Gasteiger partial charge in [-0.3, -0.25) is 14.2 Å². The first kappa shape index (κ1) is 23.6. The van der Waals surface area contributed by atoms with E-state index >= 15 is 0 Å². The predicted octanol–water partition coefficient (Wildman–Crippen LogP) is 0.519. The first-order valence-electron chi connectivity index (χ1n) is 9.71. The molecule has 2 heterocycles. The van der Waals surface area contributed by atoms with Crippen molar-refractivity contribution in [3.8, 4) is 11.8 Å². The van der Waals surface area contributed by atoms with E-state index in [2.05, 4.69) is 4.74 Å². The number of benzene rings is 1. The smallest absolute Gasteiger partial charge is 0.387 e. The van der Waals surface area contributed by atoms with Gasteiger partial charge in [-0.1, -0.05) is 18.2 Å². The van der Waals surface area contributed by atoms with Crippen LogP contribution in [0.3, 0.4) is 0 Å². The first-order valence-corrected chi connectivity index (χ1v) is 10.5. The molecule has 0 aliphatic carbocycles. The van der Waals surface area contributed by atoms with E-state index in [9.17, 15) is 23.6 Å². The summed E-state index contributed by atoms with van der Waals surface area (Å²) in [5.41, 5.74) is -0.354. The molecule has 1 fully saturated rings. The molecule has 0 saturated carbocycles. The fourth-order valence-corrected chi connectivity index (χ4v) is 4.26. The molecular weight excluding hydrogens is 444 g/mol. The summed E-state index contributed by atoms with van der Waals surface area (Å²) in [5, 5.41) is 9.74. The fourth-order valence-electron chi connectivity index (χ4n) is 3.15. The molecule has 0 radical (unpaired) electrons. The molecule has 1 aromatic heterocycles. The largest absolute Gasteiger partial charge is 0.434 e. The van der Waals surface area contributed by atoms with Gasteiger partial charge in [-0.2, -0.15) is 14.0 Å². The van der Waals surface area contributed by atoms with Gasteiger partial charge >= 0.3 is 6.61 Å². The number of halogens is 2. The lowest BCUT2D eigenvalue weighted by Gasteiger charge is -2.26. The number of carbonyl (C=O) groups excluding carboxylic acids is 1. The Kier molecular flexibility index (Phi) is 8.10. The van der Waals surface area contributed by atoms with Gasteiger partial charge in [-0.25, -0.2) is 0 Å². The van der Waals surface area contributed by atoms with Gasteiger partial charge in [0, 0.05) is 25.8 Å². The number of hydrogen-bond donors (Lipinski definition) is 0. The van der Waals surface area contributed by atoms with Gasteiger partial charge in [0.25, 0.3) is 11.5 Å². The number of para-hydroxylation sites is 1. The van der Waals surface area contributed by atoms with E-state index in [1.165, 1.54) is 40.9 Å². The van der Waals surface area contributed by atoms with E-state index in [1.54, 1.807) is 6.07 Å². The molecule has 0 atom stereocenters. The molecule has 32 heavy (non-hydrogen) atoms. The number of alkyl halides is 2. The number of amides is 1. The number of aromatic nitrogens is 1. The third-order valence-electron chi connectivity index (χ3n) is 4.69. The highest BCUT2D eigenvalue weighted by molar-refractivity contribution is 7.07. The Balaban J connectivity index is 2.18. The zero-order valence-corrected chi connectivity index (χ0v) is 18.1. The van der Waals surface area contributed by atoms with Crippen LogP contribution < -0.4 is 19.5 Å². The van der Waals surface area contributed by atoms with E-state index in [0.29, 0.717) is 26.3 Å². The number of nitrogens with zero attached hydrogens (tertiary/aromatic N) is 3. The van der Waals surface area contributed by atoms with Gasteiger partial charge < -0.3 is 19.1 Å². The second-order valence-corrected chi connectivity index (χ2v) is 7.70. The monoisotopic (exact) mass is 465 g/mol. The van der Waals surface area contributed by atoms with Crippen LogP contribution >= 0.6 is 11.3 Å². The van der Waals surface area contributed by atoms with Crippen molar-refractivity contribution in [1.29, 1.82) is 5.26 Å². The molecule has 1 amide bonds. The molecule has 2 aromatic rings. The standard InChI is InChI=1S/C21H21F2N3O5S/c1-29-9-8-26-19(28)17(12-14-4-2-3-5-16(14)31-21(22)23)32-20(26)15(13-24)18(27)25-6-10-30-11-7-25/h2-5,12,21H,6-11H2,1H3/b17-12-,20-15-. The molecule has 0 bridgehead atoms. The predicted molar refractivity (Wildman–Crippen MR) is 113 cm³/mol. The third kappa shape index (κ3) is 5.40. The Hall–Kier alpha value is -3.07. The normalized spacial score (nSPS) is 15.6. The minimum Gasteiger partial charge on any atom is -0.434 e. The lowest BCUT2D eigenvalue weighted by atomic mass is 10.2. The minimum absolute atomic E-state index is 0.0887. The van der Waals surface area contributed by atoms with Crippen LogP contribution in [0, 0.1) is 11.3 Å². The number of thiazole rings is 1. The van der Waals surface area contributed by atoms with Crippen molar-refractivity contribution < 1.29 is 27.8 Å². The van der Waals surface area contributed by atoms with Gasteiger partial charge in [0.1, 0.15) is 16.5 Å². The number of rotatable bonds is 7. The Morgan fingerprint density at radius 1 is 1.34 bits per heavy atom. The van der Waals surface area contributed by atoms with Crippen molar-refractivity contribution >= 4 is 28.9 Å². The number of carbonyl (C=O) groups is 1. The molecule has 0 unspecified atom stereocenters. The summed E-state index contributed by atoms with van der Waals surface area (Å²) in [7, 11) is 1.47. The first-order chi connectivity index (χ1) is 15.5. The second-order valence-electron chi connectivity index (χ2n) is 6.67. The van der Waals surface area contributed by atoms with Crippen molar-refractivity contribution in [2.75, 3.05) is 40.0 Å². The number of morpholine rings is 1. The summed E-state index contributed by atoms with van der Waals surface area (Å²) in [5.74, 6) is -0.578. The molecular formula is C21H21F2N3O5S. The number of nitriles is 1. The Labute approximate surface area is 186 Å². The van der Waals surface area contributed by atoms with E-state index < -0.39 is 18.1 Å². The summed E-state index contributed by atoms with van der Waals surface area (Å²) >= 11 is 0.942. The maximum Gasteiger partial charge on any atom is 0.387 e. The molecule has 1 aliphatic heterocycles. The van der Waals surface area contributed by atoms with Crippen LogP contribution in [0.1, 0.15) is 5.56 Å². The Bertz CT molecular complexity index is 1180. The highest BCUT2D eigenvalue weighted by atomic mass is 32.1. The molecule has 11 heteroatoms. The molecule has 1 saturated heterocycles. The van der Waals surface area contributed by atoms with Crippen LogP contribution in [-0.2, 0) is 20.8 Å². The molecule has 1 aromatic carbocycles. The lowest BCUT2D eigenvalue weighted by molar-refractivity contribution is -0.128. The van der Waals surface area contributed by atoms with Gasteiger partial charge in [0.05, 0.1) is 30.9 Å². The maximum absolute atomic E-state index is 13.1. The van der Waals surface area contributed by atoms with E-state index in [0.717, 1.165) is 11.3 Å². The number of hydrogen-bond acceptors (Lipinski definition) is 7. The van der Waals surface area contributed by atoms with Gasteiger partial charge in [0.15, 0.2) is 5.57 Å². The summed E-state index contributed by atoms with van der Waals surface area (Å²) in [6.07, 6.45) is 1.41. The number of ether oxygens (including phenoxy) is 3. The van der Waals surface area contributed by atoms with Crippen molar-refractivity contribution in [2.45, 2.75) is 13.2 Å². The summed E-state index contributed by atoms with van der Waals surface area (Å²) in [6, 6.07) is 7.99. The minimum atomic E-state index is -3.02. The van der Waals surface area contributed by atoms with E-state index in [1.807, 2.05) is 6.07 Å². The molecule has 170 valence electrons. The van der Waals surface area contributed by atoms with Crippen molar-refractivity contribution in [3.05, 3.63) is 49.4 Å². The van der Waals surface area contributed by atoms with Crippen LogP contribution in [-0.4, -0.2) is 62.0 Å². The average molecular weight is 465 g/mol. The van der Waals surface area contributed by atoms with E-state index in [4.69, 9.17) is 9.47 Å². The summed E-state index contributed by atoms with van der Waals surface area (Å²) in [4.78, 5) is 27.6. The maximum atomic E-state index is 13.1. The van der Waals surface area contributed by atoms with Crippen LogP contribution in [0.25, 0.3) is 11.6 Å². The van der Waals surface area contributed by atoms with E-state index in [-0.39, 0.29) is 39.2 Å². The lowest BCUT2D eigenvalue weighted by Crippen LogP contribution is -2.43. The molecule has 1 aliphatic rings. The highest BCUT2D eigenvalue weighted by Gasteiger charge is 2.23. The Morgan fingerprint density at radius 3 is 2.72 bits per heavy atom. The molecule has 3 rings (SSSR count). The fraction of sp³-hybridized carbons (Fsp3) is 0.381. The molecule has 0 spiro atoms. The highest BCUT2D eigenvalue weighted by Crippen LogP contribution is 2.20. The van der Waals surface area contributed by atoms with Crippen LogP contribution in [0.4, 0.5) is 8.78 Å².